The molecule has 0 heterocycles. The third-order valence-corrected chi connectivity index (χ3v) is 3.74. The van der Waals surface area contributed by atoms with E-state index in [9.17, 15) is 14.0 Å². The molecule has 0 fully saturated rings. The SMILES string of the molecule is Cc1cc(Br)ccc1NC(=O)COC(=O)c1ccc(F)c(Cl)c1. The zero-order valence-corrected chi connectivity index (χ0v) is 14.4. The zero-order valence-electron chi connectivity index (χ0n) is 12.0. The Morgan fingerprint density at radius 3 is 2.65 bits per heavy atom. The summed E-state index contributed by atoms with van der Waals surface area (Å²) in [6, 6.07) is 8.82. The zero-order chi connectivity index (χ0) is 17.0. The number of aryl methyl sites for hydroxylation is 1. The summed E-state index contributed by atoms with van der Waals surface area (Å²) in [5, 5.41) is 2.46. The largest absolute Gasteiger partial charge is 0.452 e. The Balaban J connectivity index is 1.93. The van der Waals surface area contributed by atoms with Crippen LogP contribution in [-0.4, -0.2) is 18.5 Å². The Labute approximate surface area is 145 Å². The monoisotopic (exact) mass is 399 g/mol. The quantitative estimate of drug-likeness (QED) is 0.777. The van der Waals surface area contributed by atoms with Crippen LogP contribution in [0.25, 0.3) is 0 Å². The molecule has 1 amide bonds. The fourth-order valence-electron chi connectivity index (χ4n) is 1.79. The smallest absolute Gasteiger partial charge is 0.338 e. The number of esters is 1. The number of benzene rings is 2. The Kier molecular flexibility index (Phi) is 5.74. The van der Waals surface area contributed by atoms with E-state index in [1.54, 1.807) is 12.1 Å². The van der Waals surface area contributed by atoms with Gasteiger partial charge in [-0.1, -0.05) is 27.5 Å². The molecule has 2 rings (SSSR count). The summed E-state index contributed by atoms with van der Waals surface area (Å²) in [6.45, 7) is 1.39. The number of ether oxygens (including phenoxy) is 1. The van der Waals surface area contributed by atoms with Gasteiger partial charge in [0.15, 0.2) is 6.61 Å². The van der Waals surface area contributed by atoms with Gasteiger partial charge < -0.3 is 10.1 Å². The van der Waals surface area contributed by atoms with Crippen molar-refractivity contribution in [1.82, 2.24) is 0 Å². The molecule has 0 spiro atoms. The maximum absolute atomic E-state index is 13.0. The van der Waals surface area contributed by atoms with Crippen molar-refractivity contribution in [2.75, 3.05) is 11.9 Å². The van der Waals surface area contributed by atoms with Gasteiger partial charge in [-0.25, -0.2) is 9.18 Å². The summed E-state index contributed by atoms with van der Waals surface area (Å²) in [5.74, 6) is -1.86. The van der Waals surface area contributed by atoms with Crippen molar-refractivity contribution in [3.63, 3.8) is 0 Å². The van der Waals surface area contributed by atoms with Gasteiger partial charge in [0.2, 0.25) is 0 Å². The number of hydrogen-bond donors (Lipinski definition) is 1. The van der Waals surface area contributed by atoms with Gasteiger partial charge in [0.25, 0.3) is 5.91 Å². The van der Waals surface area contributed by atoms with E-state index in [4.69, 9.17) is 16.3 Å². The summed E-state index contributed by atoms with van der Waals surface area (Å²) in [6.07, 6.45) is 0. The number of amides is 1. The Morgan fingerprint density at radius 2 is 2.00 bits per heavy atom. The molecule has 1 N–H and O–H groups in total. The molecule has 7 heteroatoms. The lowest BCUT2D eigenvalue weighted by Gasteiger charge is -2.09. The second-order valence-electron chi connectivity index (χ2n) is 4.71. The molecule has 0 aliphatic heterocycles. The number of carbonyl (C=O) groups is 2. The first-order valence-corrected chi connectivity index (χ1v) is 7.72. The number of rotatable bonds is 4. The molecule has 2 aromatic rings. The summed E-state index contributed by atoms with van der Waals surface area (Å²) >= 11 is 8.92. The van der Waals surface area contributed by atoms with Gasteiger partial charge >= 0.3 is 5.97 Å². The van der Waals surface area contributed by atoms with Crippen LogP contribution in [0.1, 0.15) is 15.9 Å². The second kappa shape index (κ2) is 7.57. The third kappa shape index (κ3) is 4.77. The lowest BCUT2D eigenvalue weighted by molar-refractivity contribution is -0.119. The minimum atomic E-state index is -0.755. The molecular weight excluding hydrogens is 389 g/mol. The van der Waals surface area contributed by atoms with Crippen LogP contribution in [0.3, 0.4) is 0 Å². The van der Waals surface area contributed by atoms with E-state index in [1.807, 2.05) is 13.0 Å². The molecule has 0 bridgehead atoms. The number of halogens is 3. The average Bonchev–Trinajstić information content (AvgIpc) is 2.50. The fraction of sp³-hybridized carbons (Fsp3) is 0.125. The van der Waals surface area contributed by atoms with Crippen molar-refractivity contribution < 1.29 is 18.7 Å². The van der Waals surface area contributed by atoms with E-state index in [2.05, 4.69) is 21.2 Å². The molecule has 0 unspecified atom stereocenters. The van der Waals surface area contributed by atoms with Gasteiger partial charge in [0.05, 0.1) is 10.6 Å². The lowest BCUT2D eigenvalue weighted by Crippen LogP contribution is -2.21. The number of carbonyl (C=O) groups excluding carboxylic acids is 2. The highest BCUT2D eigenvalue weighted by Gasteiger charge is 2.13. The fourth-order valence-corrected chi connectivity index (χ4v) is 2.45. The van der Waals surface area contributed by atoms with Gasteiger partial charge in [-0.15, -0.1) is 0 Å². The first kappa shape index (κ1) is 17.4. The molecular formula is C16H12BrClFNO3. The predicted molar refractivity (Wildman–Crippen MR) is 89.2 cm³/mol. The summed E-state index contributed by atoms with van der Waals surface area (Å²) in [7, 11) is 0. The highest BCUT2D eigenvalue weighted by Crippen LogP contribution is 2.20. The molecule has 0 aromatic heterocycles. The van der Waals surface area contributed by atoms with Crippen molar-refractivity contribution >= 4 is 45.1 Å². The highest BCUT2D eigenvalue weighted by molar-refractivity contribution is 9.10. The van der Waals surface area contributed by atoms with Crippen molar-refractivity contribution in [3.05, 3.63) is 62.8 Å². The maximum Gasteiger partial charge on any atom is 0.338 e. The molecule has 0 atom stereocenters. The van der Waals surface area contributed by atoms with Crippen LogP contribution in [0.5, 0.6) is 0 Å². The van der Waals surface area contributed by atoms with Crippen molar-refractivity contribution in [2.24, 2.45) is 0 Å². The van der Waals surface area contributed by atoms with Gasteiger partial charge in [0, 0.05) is 10.2 Å². The van der Waals surface area contributed by atoms with Gasteiger partial charge in [-0.05, 0) is 48.9 Å². The minimum absolute atomic E-state index is 0.0732. The van der Waals surface area contributed by atoms with E-state index >= 15 is 0 Å². The summed E-state index contributed by atoms with van der Waals surface area (Å²) < 4.78 is 18.8. The Morgan fingerprint density at radius 1 is 1.26 bits per heavy atom. The number of hydrogen-bond acceptors (Lipinski definition) is 3. The molecule has 23 heavy (non-hydrogen) atoms. The normalized spacial score (nSPS) is 10.3. The van der Waals surface area contributed by atoms with E-state index in [-0.39, 0.29) is 10.6 Å². The molecule has 0 aliphatic carbocycles. The van der Waals surface area contributed by atoms with E-state index in [0.717, 1.165) is 22.2 Å². The molecule has 4 nitrogen and oxygen atoms in total. The topological polar surface area (TPSA) is 55.4 Å². The number of anilines is 1. The first-order chi connectivity index (χ1) is 10.9. The molecule has 2 aromatic carbocycles. The third-order valence-electron chi connectivity index (χ3n) is 2.95. The van der Waals surface area contributed by atoms with Gasteiger partial charge in [0.1, 0.15) is 5.82 Å². The highest BCUT2D eigenvalue weighted by atomic mass is 79.9. The van der Waals surface area contributed by atoms with Gasteiger partial charge in [-0.2, -0.15) is 0 Å². The van der Waals surface area contributed by atoms with Gasteiger partial charge in [-0.3, -0.25) is 4.79 Å². The van der Waals surface area contributed by atoms with Crippen molar-refractivity contribution in [1.29, 1.82) is 0 Å². The van der Waals surface area contributed by atoms with Crippen molar-refractivity contribution in [2.45, 2.75) is 6.92 Å². The lowest BCUT2D eigenvalue weighted by atomic mass is 10.2. The van der Waals surface area contributed by atoms with E-state index in [0.29, 0.717) is 5.69 Å². The van der Waals surface area contributed by atoms with Crippen LogP contribution < -0.4 is 5.32 Å². The number of nitrogens with one attached hydrogen (secondary N) is 1. The average molecular weight is 401 g/mol. The van der Waals surface area contributed by atoms with Crippen LogP contribution >= 0.6 is 27.5 Å². The Bertz CT molecular complexity index is 767. The maximum atomic E-state index is 13.0. The molecule has 0 radical (unpaired) electrons. The minimum Gasteiger partial charge on any atom is -0.452 e. The second-order valence-corrected chi connectivity index (χ2v) is 6.04. The molecule has 0 aliphatic rings. The predicted octanol–water partition coefficient (Wildman–Crippen LogP) is 4.35. The summed E-state index contributed by atoms with van der Waals surface area (Å²) in [5.41, 5.74) is 1.56. The van der Waals surface area contributed by atoms with Crippen molar-refractivity contribution in [3.8, 4) is 0 Å². The summed E-state index contributed by atoms with van der Waals surface area (Å²) in [4.78, 5) is 23.6. The molecule has 0 saturated heterocycles. The van der Waals surface area contributed by atoms with Crippen LogP contribution in [-0.2, 0) is 9.53 Å². The molecule has 0 saturated carbocycles. The standard InChI is InChI=1S/C16H12BrClFNO3/c1-9-6-11(17)3-5-14(9)20-15(21)8-23-16(22)10-2-4-13(19)12(18)7-10/h2-7H,8H2,1H3,(H,20,21). The van der Waals surface area contributed by atoms with Crippen LogP contribution in [0, 0.1) is 12.7 Å². The van der Waals surface area contributed by atoms with Crippen LogP contribution in [0.15, 0.2) is 40.9 Å². The van der Waals surface area contributed by atoms with E-state index < -0.39 is 24.3 Å². The van der Waals surface area contributed by atoms with Crippen LogP contribution in [0.4, 0.5) is 10.1 Å². The van der Waals surface area contributed by atoms with Crippen LogP contribution in [0.2, 0.25) is 5.02 Å². The van der Waals surface area contributed by atoms with E-state index in [1.165, 1.54) is 6.07 Å². The Hall–Kier alpha value is -1.92. The first-order valence-electron chi connectivity index (χ1n) is 6.55. The molecule has 120 valence electrons.